The number of carbonyl (C=O) groups excluding carboxylic acids is 1. The van der Waals surface area contributed by atoms with Crippen molar-refractivity contribution in [2.45, 2.75) is 13.8 Å². The number of fused-ring (bicyclic) bond motifs is 1. The lowest BCUT2D eigenvalue weighted by atomic mass is 10.1. The molecule has 0 unspecified atom stereocenters. The number of amides is 1. The summed E-state index contributed by atoms with van der Waals surface area (Å²) in [6, 6.07) is 14.8. The number of rotatable bonds is 5. The Morgan fingerprint density at radius 1 is 1.11 bits per heavy atom. The average Bonchev–Trinajstić information content (AvgIpc) is 3.28. The number of ether oxygens (including phenoxy) is 1. The summed E-state index contributed by atoms with van der Waals surface area (Å²) >= 11 is 0. The van der Waals surface area contributed by atoms with Gasteiger partial charge >= 0.3 is 0 Å². The van der Waals surface area contributed by atoms with Crippen molar-refractivity contribution in [3.05, 3.63) is 59.9 Å². The number of hydrogen-bond donors (Lipinski definition) is 1. The predicted molar refractivity (Wildman–Crippen MR) is 99.8 cm³/mol. The van der Waals surface area contributed by atoms with E-state index in [2.05, 4.69) is 15.6 Å². The van der Waals surface area contributed by atoms with E-state index in [4.69, 9.17) is 13.8 Å². The molecule has 0 spiro atoms. The number of carbonyl (C=O) groups is 1. The highest BCUT2D eigenvalue weighted by Gasteiger charge is 2.21. The molecule has 4 aromatic rings. The number of aryl methyl sites for hydroxylation is 1. The lowest BCUT2D eigenvalue weighted by Gasteiger charge is -2.04. The van der Waals surface area contributed by atoms with Crippen LogP contribution < -0.4 is 10.1 Å². The molecule has 0 saturated heterocycles. The Balaban J connectivity index is 1.61. The predicted octanol–water partition coefficient (Wildman–Crippen LogP) is 4.44. The number of para-hydroxylation sites is 1. The van der Waals surface area contributed by atoms with E-state index in [1.54, 1.807) is 0 Å². The molecule has 2 aromatic carbocycles. The Bertz CT molecular complexity index is 1100. The van der Waals surface area contributed by atoms with E-state index < -0.39 is 5.91 Å². The number of hydrogen-bond acceptors (Lipinski definition) is 6. The van der Waals surface area contributed by atoms with Gasteiger partial charge in [-0.05, 0) is 54.5 Å². The highest BCUT2D eigenvalue weighted by Crippen LogP contribution is 2.29. The van der Waals surface area contributed by atoms with Gasteiger partial charge in [-0.3, -0.25) is 10.1 Å². The average molecular weight is 363 g/mol. The Kier molecular flexibility index (Phi) is 4.33. The van der Waals surface area contributed by atoms with Crippen molar-refractivity contribution in [1.82, 2.24) is 10.3 Å². The van der Waals surface area contributed by atoms with Crippen molar-refractivity contribution in [3.8, 4) is 17.0 Å². The van der Waals surface area contributed by atoms with Crippen LogP contribution in [0.1, 0.15) is 23.0 Å². The summed E-state index contributed by atoms with van der Waals surface area (Å²) in [6.07, 6.45) is 0. The zero-order chi connectivity index (χ0) is 18.8. The molecule has 2 aromatic heterocycles. The fraction of sp³-hybridized carbons (Fsp3) is 0.150. The molecule has 0 atom stereocenters. The van der Waals surface area contributed by atoms with Crippen molar-refractivity contribution in [3.63, 3.8) is 0 Å². The van der Waals surface area contributed by atoms with Gasteiger partial charge in [0.25, 0.3) is 5.91 Å². The normalized spacial score (nSPS) is 10.9. The Labute approximate surface area is 154 Å². The van der Waals surface area contributed by atoms with E-state index >= 15 is 0 Å². The van der Waals surface area contributed by atoms with Gasteiger partial charge < -0.3 is 9.15 Å². The number of aromatic nitrogens is 2. The Hall–Kier alpha value is -3.61. The number of benzene rings is 2. The molecule has 136 valence electrons. The van der Waals surface area contributed by atoms with E-state index in [1.807, 2.05) is 62.4 Å². The topological polar surface area (TPSA) is 90.4 Å². The molecule has 0 bridgehead atoms. The summed E-state index contributed by atoms with van der Waals surface area (Å²) in [5.41, 5.74) is 2.60. The van der Waals surface area contributed by atoms with Crippen molar-refractivity contribution in [1.29, 1.82) is 0 Å². The van der Waals surface area contributed by atoms with Gasteiger partial charge in [-0.15, -0.1) is 0 Å². The Morgan fingerprint density at radius 3 is 2.63 bits per heavy atom. The van der Waals surface area contributed by atoms with Gasteiger partial charge in [0.15, 0.2) is 11.5 Å². The summed E-state index contributed by atoms with van der Waals surface area (Å²) in [4.78, 5) is 12.7. The van der Waals surface area contributed by atoms with Crippen molar-refractivity contribution < 1.29 is 18.6 Å². The van der Waals surface area contributed by atoms with Gasteiger partial charge in [-0.25, -0.2) is 4.63 Å². The van der Waals surface area contributed by atoms with Crippen LogP contribution in [0.5, 0.6) is 5.75 Å². The molecular formula is C20H17N3O4. The van der Waals surface area contributed by atoms with Crippen LogP contribution in [0.4, 0.5) is 5.82 Å². The van der Waals surface area contributed by atoms with Crippen LogP contribution in [-0.2, 0) is 0 Å². The maximum atomic E-state index is 12.7. The van der Waals surface area contributed by atoms with Crippen LogP contribution in [0.3, 0.4) is 0 Å². The van der Waals surface area contributed by atoms with Gasteiger partial charge in [-0.1, -0.05) is 18.2 Å². The first kappa shape index (κ1) is 16.8. The first-order valence-electron chi connectivity index (χ1n) is 8.52. The van der Waals surface area contributed by atoms with Crippen LogP contribution in [-0.4, -0.2) is 22.8 Å². The molecule has 0 aliphatic heterocycles. The minimum Gasteiger partial charge on any atom is -0.494 e. The minimum atomic E-state index is -0.411. The molecule has 7 heteroatoms. The lowest BCUT2D eigenvalue weighted by Crippen LogP contribution is -2.13. The van der Waals surface area contributed by atoms with Gasteiger partial charge in [0.1, 0.15) is 11.3 Å². The number of furan rings is 1. The molecule has 0 fully saturated rings. The third-order valence-electron chi connectivity index (χ3n) is 4.21. The zero-order valence-electron chi connectivity index (χ0n) is 14.9. The van der Waals surface area contributed by atoms with E-state index in [1.165, 1.54) is 0 Å². The highest BCUT2D eigenvalue weighted by atomic mass is 16.6. The van der Waals surface area contributed by atoms with E-state index in [0.29, 0.717) is 17.9 Å². The quantitative estimate of drug-likeness (QED) is 0.564. The molecular weight excluding hydrogens is 346 g/mol. The van der Waals surface area contributed by atoms with Crippen molar-refractivity contribution in [2.75, 3.05) is 11.9 Å². The molecule has 1 N–H and O–H groups in total. The van der Waals surface area contributed by atoms with Gasteiger partial charge in [0, 0.05) is 16.5 Å². The Morgan fingerprint density at radius 2 is 1.89 bits per heavy atom. The molecule has 2 heterocycles. The number of nitrogens with one attached hydrogen (secondary N) is 1. The SMILES string of the molecule is CCOc1ccc(-c2nonc2NC(=O)c2oc3ccccc3c2C)cc1. The van der Waals surface area contributed by atoms with Gasteiger partial charge in [0.05, 0.1) is 6.61 Å². The van der Waals surface area contributed by atoms with Gasteiger partial charge in [0.2, 0.25) is 5.82 Å². The van der Waals surface area contributed by atoms with Gasteiger partial charge in [-0.2, -0.15) is 0 Å². The largest absolute Gasteiger partial charge is 0.494 e. The van der Waals surface area contributed by atoms with Crippen LogP contribution >= 0.6 is 0 Å². The lowest BCUT2D eigenvalue weighted by molar-refractivity contribution is 0.0997. The second-order valence-corrected chi connectivity index (χ2v) is 5.93. The maximum absolute atomic E-state index is 12.7. The maximum Gasteiger partial charge on any atom is 0.292 e. The molecule has 7 nitrogen and oxygen atoms in total. The molecule has 1 amide bonds. The summed E-state index contributed by atoms with van der Waals surface area (Å²) in [5, 5.41) is 11.3. The molecule has 0 aliphatic carbocycles. The van der Waals surface area contributed by atoms with Crippen molar-refractivity contribution in [2.24, 2.45) is 0 Å². The fourth-order valence-electron chi connectivity index (χ4n) is 2.89. The molecule has 0 saturated carbocycles. The summed E-state index contributed by atoms with van der Waals surface area (Å²) in [7, 11) is 0. The zero-order valence-corrected chi connectivity index (χ0v) is 14.9. The van der Waals surface area contributed by atoms with Crippen molar-refractivity contribution >= 4 is 22.7 Å². The number of anilines is 1. The molecule has 4 rings (SSSR count). The molecule has 27 heavy (non-hydrogen) atoms. The summed E-state index contributed by atoms with van der Waals surface area (Å²) in [6.45, 7) is 4.35. The first-order valence-corrected chi connectivity index (χ1v) is 8.52. The van der Waals surface area contributed by atoms with Crippen LogP contribution in [0.25, 0.3) is 22.2 Å². The monoisotopic (exact) mass is 363 g/mol. The number of nitrogens with zero attached hydrogens (tertiary/aromatic N) is 2. The third-order valence-corrected chi connectivity index (χ3v) is 4.21. The molecule has 0 radical (unpaired) electrons. The molecule has 0 aliphatic rings. The van der Waals surface area contributed by atoms with Crippen LogP contribution in [0.2, 0.25) is 0 Å². The van der Waals surface area contributed by atoms with E-state index in [0.717, 1.165) is 22.3 Å². The minimum absolute atomic E-state index is 0.226. The smallest absolute Gasteiger partial charge is 0.292 e. The van der Waals surface area contributed by atoms with Crippen LogP contribution in [0.15, 0.2) is 57.6 Å². The van der Waals surface area contributed by atoms with Crippen LogP contribution in [0, 0.1) is 6.92 Å². The highest BCUT2D eigenvalue weighted by molar-refractivity contribution is 6.07. The summed E-state index contributed by atoms with van der Waals surface area (Å²) < 4.78 is 15.9. The standard InChI is InChI=1S/C20H17N3O4/c1-3-25-14-10-8-13(9-11-14)17-19(23-27-22-17)21-20(24)18-12(2)15-6-4-5-7-16(15)26-18/h4-11H,3H2,1-2H3,(H,21,23,24). The van der Waals surface area contributed by atoms with E-state index in [9.17, 15) is 4.79 Å². The van der Waals surface area contributed by atoms with E-state index in [-0.39, 0.29) is 11.6 Å². The summed E-state index contributed by atoms with van der Waals surface area (Å²) in [5.74, 6) is 0.800. The third kappa shape index (κ3) is 3.15. The second kappa shape index (κ2) is 6.95. The second-order valence-electron chi connectivity index (χ2n) is 5.93. The first-order chi connectivity index (χ1) is 13.2. The fourth-order valence-corrected chi connectivity index (χ4v) is 2.89.